The minimum absolute atomic E-state index is 0.0545. The third kappa shape index (κ3) is 4.90. The molecule has 2 saturated heterocycles. The van der Waals surface area contributed by atoms with Gasteiger partial charge in [-0.05, 0) is 24.5 Å². The van der Waals surface area contributed by atoms with E-state index in [-0.39, 0.29) is 37.5 Å². The first-order valence-electron chi connectivity index (χ1n) is 11.4. The molecule has 0 saturated carbocycles. The maximum absolute atomic E-state index is 13.4. The number of benzene rings is 2. The van der Waals surface area contributed by atoms with Gasteiger partial charge in [-0.2, -0.15) is 5.01 Å². The number of rotatable bonds is 6. The number of urea groups is 1. The molecule has 1 N–H and O–H groups in total. The van der Waals surface area contributed by atoms with E-state index in [1.54, 1.807) is 16.8 Å². The number of nitrogens with one attached hydrogen (secondary N) is 1. The summed E-state index contributed by atoms with van der Waals surface area (Å²) in [5, 5.41) is 6.04. The molecule has 4 rings (SSSR count). The van der Waals surface area contributed by atoms with Crippen LogP contribution in [-0.4, -0.2) is 76.0 Å². The van der Waals surface area contributed by atoms with E-state index in [0.717, 1.165) is 11.1 Å². The van der Waals surface area contributed by atoms with Gasteiger partial charge in [0.25, 0.3) is 0 Å². The monoisotopic (exact) mass is 459 g/mol. The lowest BCUT2D eigenvalue weighted by molar-refractivity contribution is -0.187. The molecule has 2 atom stereocenters. The summed E-state index contributed by atoms with van der Waals surface area (Å²) in [6, 6.07) is 18.5. The highest BCUT2D eigenvalue weighted by molar-refractivity contribution is 5.91. The molecule has 0 unspecified atom stereocenters. The van der Waals surface area contributed by atoms with E-state index in [1.807, 2.05) is 60.7 Å². The van der Waals surface area contributed by atoms with Crippen LogP contribution in [0.5, 0.6) is 0 Å². The maximum Gasteiger partial charge on any atom is 0.334 e. The maximum atomic E-state index is 13.4. The number of hydrazine groups is 1. The van der Waals surface area contributed by atoms with Crippen LogP contribution in [0.4, 0.5) is 4.79 Å². The first kappa shape index (κ1) is 23.3. The molecular weight excluding hydrogens is 430 g/mol. The summed E-state index contributed by atoms with van der Waals surface area (Å²) < 4.78 is 0. The lowest BCUT2D eigenvalue weighted by atomic mass is 10.1. The zero-order chi connectivity index (χ0) is 24.1. The van der Waals surface area contributed by atoms with Crippen molar-refractivity contribution in [1.82, 2.24) is 25.1 Å². The number of hydrogen-bond acceptors (Lipinski definition) is 4. The highest BCUT2D eigenvalue weighted by Gasteiger charge is 2.49. The molecule has 2 aliphatic rings. The Morgan fingerprint density at radius 2 is 1.71 bits per heavy atom. The van der Waals surface area contributed by atoms with Crippen LogP contribution in [0.1, 0.15) is 18.1 Å². The Bertz CT molecular complexity index is 1070. The zero-order valence-electron chi connectivity index (χ0n) is 19.3. The fraction of sp³-hybridized carbons (Fsp3) is 0.346. The summed E-state index contributed by atoms with van der Waals surface area (Å²) in [5.41, 5.74) is 2.08. The molecule has 2 aromatic carbocycles. The molecule has 0 radical (unpaired) electrons. The molecule has 2 aliphatic heterocycles. The van der Waals surface area contributed by atoms with Crippen molar-refractivity contribution in [2.75, 3.05) is 26.2 Å². The van der Waals surface area contributed by atoms with Crippen LogP contribution in [0.2, 0.25) is 0 Å². The number of carbonyl (C=O) groups excluding carboxylic acids is 3. The lowest BCUT2D eigenvalue weighted by Gasteiger charge is -2.54. The predicted octanol–water partition coefficient (Wildman–Crippen LogP) is 1.69. The number of nitrogens with zero attached hydrogens (tertiary/aromatic N) is 4. The van der Waals surface area contributed by atoms with E-state index in [4.69, 9.17) is 6.42 Å². The largest absolute Gasteiger partial charge is 0.337 e. The third-order valence-corrected chi connectivity index (χ3v) is 6.27. The molecule has 8 heteroatoms. The summed E-state index contributed by atoms with van der Waals surface area (Å²) in [5.74, 6) is 2.22. The number of hydrogen-bond donors (Lipinski definition) is 1. The van der Waals surface area contributed by atoms with Gasteiger partial charge in [0.05, 0.1) is 19.6 Å². The summed E-state index contributed by atoms with van der Waals surface area (Å²) in [6.07, 6.45) is 5.61. The van der Waals surface area contributed by atoms with Crippen molar-refractivity contribution in [2.24, 2.45) is 0 Å². The fourth-order valence-electron chi connectivity index (χ4n) is 4.56. The van der Waals surface area contributed by atoms with Crippen molar-refractivity contribution in [3.8, 4) is 12.3 Å². The van der Waals surface area contributed by atoms with Crippen LogP contribution in [0.3, 0.4) is 0 Å². The van der Waals surface area contributed by atoms with Crippen molar-refractivity contribution in [3.63, 3.8) is 0 Å². The molecular formula is C26H29N5O3. The van der Waals surface area contributed by atoms with Gasteiger partial charge in [-0.25, -0.2) is 9.80 Å². The van der Waals surface area contributed by atoms with Crippen LogP contribution in [0.25, 0.3) is 0 Å². The number of terminal acetylenes is 1. The summed E-state index contributed by atoms with van der Waals surface area (Å²) in [7, 11) is 0. The van der Waals surface area contributed by atoms with E-state index in [0.29, 0.717) is 19.5 Å². The Hall–Kier alpha value is -3.83. The van der Waals surface area contributed by atoms with Crippen LogP contribution < -0.4 is 5.32 Å². The molecule has 0 bridgehead atoms. The SMILES string of the molecule is C#CCN1CC(=O)N2[C@@H](C)C(=O)N(CCc3ccccc3)C[C@@H]2N1C(=O)NCc1ccccc1. The van der Waals surface area contributed by atoms with Gasteiger partial charge >= 0.3 is 6.03 Å². The van der Waals surface area contributed by atoms with E-state index in [1.165, 1.54) is 9.91 Å². The topological polar surface area (TPSA) is 76.2 Å². The number of piperazine rings is 1. The summed E-state index contributed by atoms with van der Waals surface area (Å²) in [4.78, 5) is 42.7. The predicted molar refractivity (Wildman–Crippen MR) is 128 cm³/mol. The Labute approximate surface area is 200 Å². The number of amides is 4. The van der Waals surface area contributed by atoms with Gasteiger partial charge in [-0.1, -0.05) is 66.6 Å². The lowest BCUT2D eigenvalue weighted by Crippen LogP contribution is -2.76. The van der Waals surface area contributed by atoms with Gasteiger partial charge in [-0.15, -0.1) is 6.42 Å². The van der Waals surface area contributed by atoms with E-state index in [2.05, 4.69) is 11.2 Å². The third-order valence-electron chi connectivity index (χ3n) is 6.27. The number of carbonyl (C=O) groups is 3. The van der Waals surface area contributed by atoms with Crippen molar-refractivity contribution >= 4 is 17.8 Å². The Morgan fingerprint density at radius 1 is 1.06 bits per heavy atom. The molecule has 0 aromatic heterocycles. The molecule has 2 heterocycles. The highest BCUT2D eigenvalue weighted by atomic mass is 16.2. The van der Waals surface area contributed by atoms with Gasteiger partial charge in [0.1, 0.15) is 12.2 Å². The molecule has 2 fully saturated rings. The van der Waals surface area contributed by atoms with Crippen molar-refractivity contribution in [2.45, 2.75) is 32.1 Å². The van der Waals surface area contributed by atoms with E-state index < -0.39 is 12.2 Å². The Balaban J connectivity index is 1.55. The average Bonchev–Trinajstić information content (AvgIpc) is 2.85. The van der Waals surface area contributed by atoms with Crippen molar-refractivity contribution in [1.29, 1.82) is 0 Å². The van der Waals surface area contributed by atoms with E-state index >= 15 is 0 Å². The Morgan fingerprint density at radius 3 is 2.35 bits per heavy atom. The minimum Gasteiger partial charge on any atom is -0.337 e. The first-order chi connectivity index (χ1) is 16.5. The normalized spacial score (nSPS) is 20.6. The van der Waals surface area contributed by atoms with Gasteiger partial charge in [0.2, 0.25) is 11.8 Å². The van der Waals surface area contributed by atoms with Gasteiger partial charge in [0.15, 0.2) is 0 Å². The second kappa shape index (κ2) is 10.4. The smallest absolute Gasteiger partial charge is 0.334 e. The second-order valence-corrected chi connectivity index (χ2v) is 8.49. The zero-order valence-corrected chi connectivity index (χ0v) is 19.3. The molecule has 34 heavy (non-hydrogen) atoms. The van der Waals surface area contributed by atoms with Crippen molar-refractivity contribution in [3.05, 3.63) is 71.8 Å². The van der Waals surface area contributed by atoms with Crippen LogP contribution in [0, 0.1) is 12.3 Å². The molecule has 2 aromatic rings. The van der Waals surface area contributed by atoms with Gasteiger partial charge in [-0.3, -0.25) is 9.59 Å². The molecule has 8 nitrogen and oxygen atoms in total. The number of fused-ring (bicyclic) bond motifs is 1. The van der Waals surface area contributed by atoms with Gasteiger partial charge < -0.3 is 15.1 Å². The molecule has 176 valence electrons. The first-order valence-corrected chi connectivity index (χ1v) is 11.4. The molecule has 4 amide bonds. The van der Waals surface area contributed by atoms with Gasteiger partial charge in [0, 0.05) is 13.1 Å². The summed E-state index contributed by atoms with van der Waals surface area (Å²) >= 11 is 0. The van der Waals surface area contributed by atoms with Crippen molar-refractivity contribution < 1.29 is 14.4 Å². The fourth-order valence-corrected chi connectivity index (χ4v) is 4.56. The Kier molecular flexibility index (Phi) is 7.14. The molecule has 0 spiro atoms. The minimum atomic E-state index is -0.667. The van der Waals surface area contributed by atoms with Crippen LogP contribution in [0.15, 0.2) is 60.7 Å². The molecule has 0 aliphatic carbocycles. The van der Waals surface area contributed by atoms with Crippen LogP contribution >= 0.6 is 0 Å². The summed E-state index contributed by atoms with van der Waals surface area (Å²) in [6.45, 7) is 2.84. The second-order valence-electron chi connectivity index (χ2n) is 8.49. The van der Waals surface area contributed by atoms with Crippen LogP contribution in [-0.2, 0) is 22.6 Å². The highest BCUT2D eigenvalue weighted by Crippen LogP contribution is 2.26. The standard InChI is InChI=1S/C26H29N5O3/c1-3-15-29-19-24(32)30-20(2)25(33)28(16-14-21-10-6-4-7-11-21)18-23(30)31(29)26(34)27-17-22-12-8-5-9-13-22/h1,4-13,20,23H,14-19H2,2H3,(H,27,34)/t20-,23-/m0/s1. The van der Waals surface area contributed by atoms with E-state index in [9.17, 15) is 14.4 Å². The average molecular weight is 460 g/mol. The quantitative estimate of drug-likeness (QED) is 0.667.